The van der Waals surface area contributed by atoms with E-state index in [1.54, 1.807) is 49.4 Å². The highest BCUT2D eigenvalue weighted by molar-refractivity contribution is 7.92. The van der Waals surface area contributed by atoms with E-state index in [1.807, 2.05) is 6.92 Å². The molecule has 0 unspecified atom stereocenters. The van der Waals surface area contributed by atoms with Gasteiger partial charge in [-0.25, -0.2) is 13.4 Å². The number of hydrogen-bond acceptors (Lipinski definition) is 6. The zero-order valence-electron chi connectivity index (χ0n) is 17.0. The van der Waals surface area contributed by atoms with Crippen molar-refractivity contribution in [2.45, 2.75) is 25.3 Å². The number of anilines is 1. The molecule has 0 fully saturated rings. The average Bonchev–Trinajstić information content (AvgIpc) is 3.16. The smallest absolute Gasteiger partial charge is 0.274 e. The molecule has 1 N–H and O–H groups in total. The Morgan fingerprint density at radius 1 is 1.06 bits per heavy atom. The maximum Gasteiger partial charge on any atom is 0.274 e. The Morgan fingerprint density at radius 2 is 1.77 bits per heavy atom. The predicted molar refractivity (Wildman–Crippen MR) is 116 cm³/mol. The Morgan fingerprint density at radius 3 is 2.45 bits per heavy atom. The number of aromatic nitrogens is 4. The van der Waals surface area contributed by atoms with Gasteiger partial charge in [0, 0.05) is 11.8 Å². The highest BCUT2D eigenvalue weighted by Gasteiger charge is 2.26. The summed E-state index contributed by atoms with van der Waals surface area (Å²) in [6.45, 7) is 3.96. The lowest BCUT2D eigenvalue weighted by Gasteiger charge is -2.23. The zero-order valence-corrected chi connectivity index (χ0v) is 17.8. The maximum absolute atomic E-state index is 13.5. The standard InChI is InChI=1S/C21H21N5O4S/c1-3-30-17-11-9-16(10-12-17)25(31(28,29)18-7-5-4-6-8-18)14-19-23-21-22-15(2)13-20(27)26(21)24-19/h4-13H,3,14H2,1-2H3,(H,22,23,24). The van der Waals surface area contributed by atoms with Crippen LogP contribution >= 0.6 is 0 Å². The number of H-pyrrole nitrogens is 1. The number of aryl methyl sites for hydroxylation is 1. The van der Waals surface area contributed by atoms with E-state index in [-0.39, 0.29) is 28.6 Å². The van der Waals surface area contributed by atoms with Crippen molar-refractivity contribution >= 4 is 21.5 Å². The van der Waals surface area contributed by atoms with Crippen molar-refractivity contribution in [3.05, 3.63) is 82.5 Å². The molecule has 2 heterocycles. The third-order valence-corrected chi connectivity index (χ3v) is 6.35. The Hall–Kier alpha value is -3.66. The van der Waals surface area contributed by atoms with Crippen molar-refractivity contribution in [3.63, 3.8) is 0 Å². The minimum atomic E-state index is -3.91. The van der Waals surface area contributed by atoms with Crippen LogP contribution in [0.5, 0.6) is 5.75 Å². The van der Waals surface area contributed by atoms with Crippen LogP contribution in [0.1, 0.15) is 18.4 Å². The number of hydrogen-bond donors (Lipinski definition) is 1. The van der Waals surface area contributed by atoms with Crippen LogP contribution in [0.2, 0.25) is 0 Å². The molecule has 31 heavy (non-hydrogen) atoms. The summed E-state index contributed by atoms with van der Waals surface area (Å²) in [5, 5.41) is 2.85. The molecule has 0 saturated heterocycles. The number of nitrogens with zero attached hydrogens (tertiary/aromatic N) is 4. The van der Waals surface area contributed by atoms with E-state index in [1.165, 1.54) is 27.0 Å². The first-order chi connectivity index (χ1) is 14.9. The lowest BCUT2D eigenvalue weighted by Crippen LogP contribution is -2.31. The van der Waals surface area contributed by atoms with Crippen LogP contribution in [0.3, 0.4) is 0 Å². The molecule has 0 atom stereocenters. The van der Waals surface area contributed by atoms with E-state index < -0.39 is 10.0 Å². The Balaban J connectivity index is 1.79. The van der Waals surface area contributed by atoms with E-state index in [9.17, 15) is 13.2 Å². The molecule has 0 aliphatic carbocycles. The number of rotatable bonds is 7. The summed E-state index contributed by atoms with van der Waals surface area (Å²) < 4.78 is 34.8. The number of fused-ring (bicyclic) bond motifs is 1. The quantitative estimate of drug-likeness (QED) is 0.474. The topological polar surface area (TPSA) is 110 Å². The van der Waals surface area contributed by atoms with E-state index in [0.29, 0.717) is 23.7 Å². The molecule has 0 amide bonds. The summed E-state index contributed by atoms with van der Waals surface area (Å²) in [5.41, 5.74) is 0.646. The molecule has 0 aliphatic heterocycles. The highest BCUT2D eigenvalue weighted by Crippen LogP contribution is 2.27. The summed E-state index contributed by atoms with van der Waals surface area (Å²) in [5.74, 6) is 1.10. The van der Waals surface area contributed by atoms with Crippen LogP contribution in [0.15, 0.2) is 70.4 Å². The van der Waals surface area contributed by atoms with Gasteiger partial charge < -0.3 is 4.74 Å². The summed E-state index contributed by atoms with van der Waals surface area (Å²) in [6, 6.07) is 16.3. The van der Waals surface area contributed by atoms with Crippen molar-refractivity contribution in [2.24, 2.45) is 0 Å². The molecule has 2 aromatic carbocycles. The van der Waals surface area contributed by atoms with Gasteiger partial charge in [-0.3, -0.25) is 14.2 Å². The van der Waals surface area contributed by atoms with E-state index in [0.717, 1.165) is 0 Å². The molecule has 4 aromatic rings. The number of aromatic amines is 1. The third-order valence-electron chi connectivity index (χ3n) is 4.57. The predicted octanol–water partition coefficient (Wildman–Crippen LogP) is 2.52. The first kappa shape index (κ1) is 20.6. The lowest BCUT2D eigenvalue weighted by molar-refractivity contribution is 0.340. The average molecular weight is 439 g/mol. The molecule has 4 rings (SSSR count). The van der Waals surface area contributed by atoms with Crippen molar-refractivity contribution in [3.8, 4) is 5.75 Å². The minimum Gasteiger partial charge on any atom is -0.494 e. The van der Waals surface area contributed by atoms with E-state index in [2.05, 4.69) is 15.1 Å². The zero-order chi connectivity index (χ0) is 22.0. The molecular formula is C21H21N5O4S. The van der Waals surface area contributed by atoms with Crippen molar-refractivity contribution in [1.82, 2.24) is 19.6 Å². The van der Waals surface area contributed by atoms with Crippen LogP contribution in [0, 0.1) is 6.92 Å². The Bertz CT molecular complexity index is 1360. The van der Waals surface area contributed by atoms with Gasteiger partial charge in [0.1, 0.15) is 11.6 Å². The molecule has 2 aromatic heterocycles. The molecule has 9 nitrogen and oxygen atoms in total. The van der Waals surface area contributed by atoms with Crippen LogP contribution in [-0.4, -0.2) is 34.6 Å². The Labute approximate surface area is 179 Å². The molecule has 0 aliphatic rings. The second-order valence-corrected chi connectivity index (χ2v) is 8.66. The van der Waals surface area contributed by atoms with E-state index in [4.69, 9.17) is 4.74 Å². The molecule has 0 radical (unpaired) electrons. The molecule has 0 spiro atoms. The van der Waals surface area contributed by atoms with Gasteiger partial charge in [-0.05, 0) is 50.2 Å². The number of benzene rings is 2. The Kier molecular flexibility index (Phi) is 5.47. The first-order valence-electron chi connectivity index (χ1n) is 9.64. The third kappa shape index (κ3) is 4.15. The van der Waals surface area contributed by atoms with E-state index >= 15 is 0 Å². The lowest BCUT2D eigenvalue weighted by atomic mass is 10.3. The fraction of sp³-hybridized carbons (Fsp3) is 0.190. The fourth-order valence-electron chi connectivity index (χ4n) is 3.15. The number of sulfonamides is 1. The normalized spacial score (nSPS) is 11.5. The minimum absolute atomic E-state index is 0.118. The monoisotopic (exact) mass is 439 g/mol. The summed E-state index contributed by atoms with van der Waals surface area (Å²) in [7, 11) is -3.91. The van der Waals surface area contributed by atoms with Gasteiger partial charge in [0.15, 0.2) is 0 Å². The van der Waals surface area contributed by atoms with Crippen molar-refractivity contribution in [1.29, 1.82) is 0 Å². The van der Waals surface area contributed by atoms with Crippen LogP contribution in [0.4, 0.5) is 5.69 Å². The van der Waals surface area contributed by atoms with Gasteiger partial charge in [0.05, 0.1) is 23.7 Å². The van der Waals surface area contributed by atoms with Crippen LogP contribution in [0.25, 0.3) is 5.78 Å². The van der Waals surface area contributed by atoms with Gasteiger partial charge in [-0.1, -0.05) is 18.2 Å². The molecular weight excluding hydrogens is 418 g/mol. The number of nitrogens with one attached hydrogen (secondary N) is 1. The van der Waals surface area contributed by atoms with Crippen molar-refractivity contribution < 1.29 is 13.2 Å². The molecule has 0 saturated carbocycles. The van der Waals surface area contributed by atoms with Gasteiger partial charge in [0.25, 0.3) is 21.4 Å². The van der Waals surface area contributed by atoms with Gasteiger partial charge in [-0.15, -0.1) is 0 Å². The first-order valence-corrected chi connectivity index (χ1v) is 11.1. The molecule has 10 heteroatoms. The highest BCUT2D eigenvalue weighted by atomic mass is 32.2. The second kappa shape index (κ2) is 8.23. The summed E-state index contributed by atoms with van der Waals surface area (Å²) in [4.78, 5) is 20.9. The molecule has 160 valence electrons. The second-order valence-electron chi connectivity index (χ2n) is 6.79. The SMILES string of the molecule is CCOc1ccc(N(Cc2nc3nc(C)cc(=O)n3[nH]2)S(=O)(=O)c2ccccc2)cc1. The van der Waals surface area contributed by atoms with Crippen LogP contribution < -0.4 is 14.6 Å². The van der Waals surface area contributed by atoms with Gasteiger partial charge >= 0.3 is 0 Å². The summed E-state index contributed by atoms with van der Waals surface area (Å²) >= 11 is 0. The number of ether oxygens (including phenoxy) is 1. The fourth-order valence-corrected chi connectivity index (χ4v) is 4.60. The van der Waals surface area contributed by atoms with Crippen molar-refractivity contribution in [2.75, 3.05) is 10.9 Å². The maximum atomic E-state index is 13.5. The molecule has 0 bridgehead atoms. The van der Waals surface area contributed by atoms with Gasteiger partial charge in [-0.2, -0.15) is 9.50 Å². The van der Waals surface area contributed by atoms with Gasteiger partial charge in [0.2, 0.25) is 0 Å². The van der Waals surface area contributed by atoms with Crippen LogP contribution in [-0.2, 0) is 16.6 Å². The largest absolute Gasteiger partial charge is 0.494 e. The summed E-state index contributed by atoms with van der Waals surface area (Å²) in [6.07, 6.45) is 0.